The van der Waals surface area contributed by atoms with Crippen molar-refractivity contribution in [1.29, 1.82) is 0 Å². The highest BCUT2D eigenvalue weighted by Gasteiger charge is 2.32. The summed E-state index contributed by atoms with van der Waals surface area (Å²) in [4.78, 5) is 15.1. The zero-order valence-corrected chi connectivity index (χ0v) is 15.5. The maximum atomic E-state index is 13.1. The summed E-state index contributed by atoms with van der Waals surface area (Å²) in [7, 11) is 4.93. The fourth-order valence-electron chi connectivity index (χ4n) is 3.55. The average Bonchev–Trinajstić information content (AvgIpc) is 3.16. The Balaban J connectivity index is 1.88. The molecule has 2 aromatic carbocycles. The molecule has 1 fully saturated rings. The van der Waals surface area contributed by atoms with Crippen LogP contribution in [0.1, 0.15) is 40.4 Å². The van der Waals surface area contributed by atoms with Gasteiger partial charge >= 0.3 is 0 Å². The Morgan fingerprint density at radius 3 is 2.69 bits per heavy atom. The number of likely N-dealkylation sites (tertiary alicyclic amines) is 1. The molecule has 1 saturated heterocycles. The molecule has 1 aliphatic rings. The second kappa shape index (κ2) is 8.23. The normalized spacial score (nSPS) is 16.6. The summed E-state index contributed by atoms with van der Waals surface area (Å²) >= 11 is 0. The van der Waals surface area contributed by atoms with Crippen molar-refractivity contribution in [3.63, 3.8) is 0 Å². The number of amides is 1. The number of rotatable bonds is 6. The fourth-order valence-corrected chi connectivity index (χ4v) is 3.55. The fraction of sp³-hybridized carbons (Fsp3) is 0.381. The van der Waals surface area contributed by atoms with Crippen LogP contribution in [-0.4, -0.2) is 38.7 Å². The largest absolute Gasteiger partial charge is 0.497 e. The van der Waals surface area contributed by atoms with Crippen LogP contribution in [0.4, 0.5) is 0 Å². The maximum Gasteiger partial charge on any atom is 0.254 e. The van der Waals surface area contributed by atoms with Crippen molar-refractivity contribution in [3.8, 4) is 11.5 Å². The third kappa shape index (κ3) is 3.68. The molecule has 1 unspecified atom stereocenters. The van der Waals surface area contributed by atoms with Crippen LogP contribution >= 0.6 is 0 Å². The van der Waals surface area contributed by atoms with E-state index in [0.29, 0.717) is 12.2 Å². The molecule has 0 aliphatic carbocycles. The van der Waals surface area contributed by atoms with E-state index in [2.05, 4.69) is 0 Å². The first-order valence-corrected chi connectivity index (χ1v) is 8.78. The van der Waals surface area contributed by atoms with Crippen molar-refractivity contribution < 1.29 is 19.0 Å². The highest BCUT2D eigenvalue weighted by molar-refractivity contribution is 5.95. The molecule has 0 spiro atoms. The molecular weight excluding hydrogens is 330 g/mol. The molecule has 2 aromatic rings. The van der Waals surface area contributed by atoms with Crippen molar-refractivity contribution in [3.05, 3.63) is 59.2 Å². The molecule has 1 aliphatic heterocycles. The van der Waals surface area contributed by atoms with Gasteiger partial charge in [-0.05, 0) is 42.7 Å². The lowest BCUT2D eigenvalue weighted by molar-refractivity contribution is 0.0734. The van der Waals surface area contributed by atoms with Gasteiger partial charge in [-0.2, -0.15) is 0 Å². The van der Waals surface area contributed by atoms with Gasteiger partial charge in [0.1, 0.15) is 11.5 Å². The van der Waals surface area contributed by atoms with Crippen LogP contribution < -0.4 is 9.47 Å². The molecule has 138 valence electrons. The molecule has 5 heteroatoms. The van der Waals surface area contributed by atoms with Crippen molar-refractivity contribution in [2.24, 2.45) is 0 Å². The number of hydrogen-bond donors (Lipinski definition) is 0. The van der Waals surface area contributed by atoms with Crippen LogP contribution in [0, 0.1) is 0 Å². The number of hydrogen-bond acceptors (Lipinski definition) is 4. The summed E-state index contributed by atoms with van der Waals surface area (Å²) in [6.45, 7) is 1.24. The Kier molecular flexibility index (Phi) is 5.78. The van der Waals surface area contributed by atoms with Gasteiger partial charge < -0.3 is 19.1 Å². The molecular formula is C21H25NO4. The van der Waals surface area contributed by atoms with Crippen molar-refractivity contribution in [1.82, 2.24) is 4.90 Å². The number of carbonyl (C=O) groups excluding carboxylic acids is 1. The lowest BCUT2D eigenvalue weighted by atomic mass is 10.0. The van der Waals surface area contributed by atoms with E-state index in [1.807, 2.05) is 47.4 Å². The minimum atomic E-state index is 0.00874. The molecule has 1 atom stereocenters. The maximum absolute atomic E-state index is 13.1. The van der Waals surface area contributed by atoms with Crippen LogP contribution in [0.2, 0.25) is 0 Å². The average molecular weight is 355 g/mol. The number of ether oxygens (including phenoxy) is 3. The molecule has 3 rings (SSSR count). The van der Waals surface area contributed by atoms with Gasteiger partial charge in [-0.3, -0.25) is 4.79 Å². The van der Waals surface area contributed by atoms with Gasteiger partial charge in [-0.25, -0.2) is 0 Å². The minimum absolute atomic E-state index is 0.00874. The Morgan fingerprint density at radius 2 is 1.96 bits per heavy atom. The molecule has 0 radical (unpaired) electrons. The summed E-state index contributed by atoms with van der Waals surface area (Å²) in [5.74, 6) is 1.54. The summed E-state index contributed by atoms with van der Waals surface area (Å²) in [6, 6.07) is 13.4. The number of methoxy groups -OCH3 is 3. The van der Waals surface area contributed by atoms with E-state index < -0.39 is 0 Å². The standard InChI is InChI=1S/C21H25NO4/c1-24-14-15-6-4-7-16(12-15)21(23)22-11-5-8-19(22)18-10-9-17(25-2)13-20(18)26-3/h4,6-7,9-10,12-13,19H,5,8,11,14H2,1-3H3. The van der Waals surface area contributed by atoms with E-state index in [9.17, 15) is 4.79 Å². The smallest absolute Gasteiger partial charge is 0.254 e. The van der Waals surface area contributed by atoms with Crippen molar-refractivity contribution >= 4 is 5.91 Å². The molecule has 0 bridgehead atoms. The van der Waals surface area contributed by atoms with Crippen LogP contribution in [0.5, 0.6) is 11.5 Å². The third-order valence-electron chi connectivity index (χ3n) is 4.80. The number of benzene rings is 2. The summed E-state index contributed by atoms with van der Waals surface area (Å²) in [6.07, 6.45) is 1.90. The SMILES string of the molecule is COCc1cccc(C(=O)N2CCCC2c2ccc(OC)cc2OC)c1. The van der Waals surface area contributed by atoms with E-state index in [1.165, 1.54) is 0 Å². The molecule has 1 heterocycles. The molecule has 0 N–H and O–H groups in total. The predicted octanol–water partition coefficient (Wildman–Crippen LogP) is 3.83. The van der Waals surface area contributed by atoms with Gasteiger partial charge in [0.2, 0.25) is 0 Å². The molecule has 26 heavy (non-hydrogen) atoms. The van der Waals surface area contributed by atoms with E-state index >= 15 is 0 Å². The van der Waals surface area contributed by atoms with Gasteiger partial charge in [0.15, 0.2) is 0 Å². The lowest BCUT2D eigenvalue weighted by Gasteiger charge is -2.27. The highest BCUT2D eigenvalue weighted by atomic mass is 16.5. The summed E-state index contributed by atoms with van der Waals surface area (Å²) < 4.78 is 16.0. The quantitative estimate of drug-likeness (QED) is 0.790. The monoisotopic (exact) mass is 355 g/mol. The van der Waals surface area contributed by atoms with Crippen molar-refractivity contribution in [2.45, 2.75) is 25.5 Å². The van der Waals surface area contributed by atoms with Gasteiger partial charge in [0, 0.05) is 30.8 Å². The van der Waals surface area contributed by atoms with Gasteiger partial charge in [-0.1, -0.05) is 12.1 Å². The zero-order valence-electron chi connectivity index (χ0n) is 15.5. The highest BCUT2D eigenvalue weighted by Crippen LogP contribution is 2.39. The molecule has 0 saturated carbocycles. The predicted molar refractivity (Wildman–Crippen MR) is 99.7 cm³/mol. The minimum Gasteiger partial charge on any atom is -0.497 e. The van der Waals surface area contributed by atoms with Gasteiger partial charge in [0.05, 0.1) is 26.9 Å². The van der Waals surface area contributed by atoms with Crippen LogP contribution in [0.25, 0.3) is 0 Å². The van der Waals surface area contributed by atoms with Crippen molar-refractivity contribution in [2.75, 3.05) is 27.9 Å². The van der Waals surface area contributed by atoms with Crippen LogP contribution in [-0.2, 0) is 11.3 Å². The molecule has 0 aromatic heterocycles. The van der Waals surface area contributed by atoms with E-state index in [4.69, 9.17) is 14.2 Å². The van der Waals surface area contributed by atoms with E-state index in [0.717, 1.165) is 42.0 Å². The van der Waals surface area contributed by atoms with Gasteiger partial charge in [0.25, 0.3) is 5.91 Å². The first-order valence-electron chi connectivity index (χ1n) is 8.78. The van der Waals surface area contributed by atoms with E-state index in [-0.39, 0.29) is 11.9 Å². The number of nitrogens with zero attached hydrogens (tertiary/aromatic N) is 1. The number of carbonyl (C=O) groups is 1. The Bertz CT molecular complexity index is 774. The Morgan fingerprint density at radius 1 is 1.12 bits per heavy atom. The van der Waals surface area contributed by atoms with Crippen LogP contribution in [0.3, 0.4) is 0 Å². The molecule has 5 nitrogen and oxygen atoms in total. The summed E-state index contributed by atoms with van der Waals surface area (Å²) in [5, 5.41) is 0. The first kappa shape index (κ1) is 18.3. The second-order valence-corrected chi connectivity index (χ2v) is 6.40. The Labute approximate surface area is 154 Å². The Hall–Kier alpha value is -2.53. The zero-order chi connectivity index (χ0) is 18.5. The topological polar surface area (TPSA) is 48.0 Å². The third-order valence-corrected chi connectivity index (χ3v) is 4.80. The van der Waals surface area contributed by atoms with E-state index in [1.54, 1.807) is 21.3 Å². The van der Waals surface area contributed by atoms with Gasteiger partial charge in [-0.15, -0.1) is 0 Å². The molecule has 1 amide bonds. The second-order valence-electron chi connectivity index (χ2n) is 6.40. The first-order chi connectivity index (χ1) is 12.7. The lowest BCUT2D eigenvalue weighted by Crippen LogP contribution is -2.30. The summed E-state index contributed by atoms with van der Waals surface area (Å²) in [5.41, 5.74) is 2.71. The van der Waals surface area contributed by atoms with Crippen LogP contribution in [0.15, 0.2) is 42.5 Å².